The normalized spacial score (nSPS) is 20.4. The Bertz CT molecular complexity index is 1730. The lowest BCUT2D eigenvalue weighted by molar-refractivity contribution is 0.0828. The number of aryl methyl sites for hydroxylation is 1. The zero-order valence-electron chi connectivity index (χ0n) is 24.1. The Balaban J connectivity index is 1.12. The summed E-state index contributed by atoms with van der Waals surface area (Å²) in [5.74, 6) is 0.599. The summed E-state index contributed by atoms with van der Waals surface area (Å²) in [5.41, 5.74) is 11.6. The highest BCUT2D eigenvalue weighted by Crippen LogP contribution is 2.39. The van der Waals surface area contributed by atoms with Crippen molar-refractivity contribution in [1.82, 2.24) is 34.3 Å². The van der Waals surface area contributed by atoms with Gasteiger partial charge in [-0.1, -0.05) is 12.1 Å². The molecule has 1 aliphatic heterocycles. The third kappa shape index (κ3) is 5.05. The summed E-state index contributed by atoms with van der Waals surface area (Å²) in [4.78, 5) is 23.0. The molecule has 2 aliphatic rings. The molecule has 4 heterocycles. The topological polar surface area (TPSA) is 101 Å². The van der Waals surface area contributed by atoms with Gasteiger partial charge in [-0.3, -0.25) is 4.90 Å². The minimum Gasteiger partial charge on any atom is -0.383 e. The van der Waals surface area contributed by atoms with E-state index in [1.807, 2.05) is 25.1 Å². The number of aromatic nitrogens is 5. The van der Waals surface area contributed by atoms with E-state index in [9.17, 15) is 4.39 Å². The van der Waals surface area contributed by atoms with Crippen LogP contribution < -0.4 is 11.1 Å². The summed E-state index contributed by atoms with van der Waals surface area (Å²) >= 11 is 0. The van der Waals surface area contributed by atoms with Gasteiger partial charge >= 0.3 is 0 Å². The maximum atomic E-state index is 14.3. The molecule has 0 atom stereocenters. The molecule has 5 aromatic rings. The molecule has 1 aliphatic carbocycles. The van der Waals surface area contributed by atoms with E-state index < -0.39 is 0 Å². The molecule has 10 heteroatoms. The molecule has 1 saturated carbocycles. The number of hydrogen-bond donors (Lipinski definition) is 2. The number of nitrogens with zero attached hydrogens (tertiary/aromatic N) is 7. The Morgan fingerprint density at radius 2 is 1.67 bits per heavy atom. The van der Waals surface area contributed by atoms with Crippen molar-refractivity contribution in [2.45, 2.75) is 44.7 Å². The van der Waals surface area contributed by atoms with Gasteiger partial charge in [0.1, 0.15) is 23.6 Å². The third-order valence-electron chi connectivity index (χ3n) is 9.00. The molecule has 42 heavy (non-hydrogen) atoms. The van der Waals surface area contributed by atoms with Gasteiger partial charge in [0.2, 0.25) is 5.95 Å². The van der Waals surface area contributed by atoms with Crippen molar-refractivity contribution in [3.05, 3.63) is 66.5 Å². The zero-order valence-corrected chi connectivity index (χ0v) is 24.1. The fourth-order valence-corrected chi connectivity index (χ4v) is 6.64. The lowest BCUT2D eigenvalue weighted by atomic mass is 9.89. The number of piperazine rings is 1. The number of nitrogen functional groups attached to an aromatic ring is 1. The molecule has 3 aromatic heterocycles. The van der Waals surface area contributed by atoms with E-state index in [2.05, 4.69) is 60.0 Å². The Labute approximate surface area is 244 Å². The van der Waals surface area contributed by atoms with Gasteiger partial charge in [0.05, 0.1) is 16.3 Å². The number of hydrogen-bond acceptors (Lipinski definition) is 8. The number of rotatable bonds is 5. The monoisotopic (exact) mass is 565 g/mol. The van der Waals surface area contributed by atoms with E-state index in [0.29, 0.717) is 34.8 Å². The van der Waals surface area contributed by atoms with Gasteiger partial charge in [-0.05, 0) is 75.0 Å². The summed E-state index contributed by atoms with van der Waals surface area (Å²) in [5, 5.41) is 4.55. The summed E-state index contributed by atoms with van der Waals surface area (Å²) < 4.78 is 16.6. The van der Waals surface area contributed by atoms with E-state index in [4.69, 9.17) is 10.7 Å². The number of nitrogens with two attached hydrogens (primary N) is 1. The molecule has 216 valence electrons. The standard InChI is InChI=1S/C32H36FN9/c1-20-15-27(33)25-17-35-32(39-28(25)16-20)38-22-5-3-21(4-6-22)26-18-42(31-29(26)30(34)36-19-37-31)24-9-7-23(8-10-24)41-13-11-40(2)12-14-41/h3-6,15-19,23-24H,7-14H2,1-2H3,(H2,34,36,37)(H,35,38,39)/t23-,24+. The van der Waals surface area contributed by atoms with Gasteiger partial charge in [0.25, 0.3) is 0 Å². The average Bonchev–Trinajstić information content (AvgIpc) is 3.39. The number of halogens is 1. The third-order valence-corrected chi connectivity index (χ3v) is 9.00. The number of benzene rings is 2. The van der Waals surface area contributed by atoms with Crippen molar-refractivity contribution in [2.24, 2.45) is 0 Å². The second-order valence-corrected chi connectivity index (χ2v) is 11.8. The highest BCUT2D eigenvalue weighted by molar-refractivity contribution is 6.00. The molecular formula is C32H36FN9. The molecule has 0 spiro atoms. The van der Waals surface area contributed by atoms with Crippen molar-refractivity contribution < 1.29 is 4.39 Å². The Kier molecular flexibility index (Phi) is 6.95. The van der Waals surface area contributed by atoms with Crippen LogP contribution in [-0.4, -0.2) is 73.6 Å². The first kappa shape index (κ1) is 26.7. The van der Waals surface area contributed by atoms with E-state index in [-0.39, 0.29) is 5.82 Å². The molecule has 7 rings (SSSR count). The van der Waals surface area contributed by atoms with Crippen LogP contribution in [0.4, 0.5) is 21.8 Å². The zero-order chi connectivity index (χ0) is 28.8. The smallest absolute Gasteiger partial charge is 0.227 e. The van der Waals surface area contributed by atoms with Crippen LogP contribution in [0.15, 0.2) is 55.1 Å². The first-order chi connectivity index (χ1) is 20.4. The van der Waals surface area contributed by atoms with Gasteiger partial charge in [-0.2, -0.15) is 0 Å². The lowest BCUT2D eigenvalue weighted by Crippen LogP contribution is -2.49. The predicted octanol–water partition coefficient (Wildman–Crippen LogP) is 5.55. The molecule has 2 fully saturated rings. The maximum absolute atomic E-state index is 14.3. The number of anilines is 3. The fraction of sp³-hybridized carbons (Fsp3) is 0.375. The quantitative estimate of drug-likeness (QED) is 0.286. The van der Waals surface area contributed by atoms with Crippen LogP contribution in [-0.2, 0) is 0 Å². The van der Waals surface area contributed by atoms with Crippen molar-refractivity contribution in [3.8, 4) is 11.1 Å². The predicted molar refractivity (Wildman–Crippen MR) is 165 cm³/mol. The molecule has 0 unspecified atom stereocenters. The van der Waals surface area contributed by atoms with Gasteiger partial charge in [-0.25, -0.2) is 24.3 Å². The van der Waals surface area contributed by atoms with Crippen LogP contribution in [0.5, 0.6) is 0 Å². The maximum Gasteiger partial charge on any atom is 0.227 e. The number of likely N-dealkylation sites (N-methyl/N-ethyl adjacent to an activating group) is 1. The molecule has 1 saturated heterocycles. The Morgan fingerprint density at radius 1 is 0.929 bits per heavy atom. The van der Waals surface area contributed by atoms with Crippen molar-refractivity contribution in [3.63, 3.8) is 0 Å². The van der Waals surface area contributed by atoms with Crippen LogP contribution in [0.1, 0.15) is 37.3 Å². The van der Waals surface area contributed by atoms with Gasteiger partial charge in [-0.15, -0.1) is 0 Å². The summed E-state index contributed by atoms with van der Waals surface area (Å²) in [6, 6.07) is 12.5. The van der Waals surface area contributed by atoms with E-state index in [0.717, 1.165) is 59.3 Å². The van der Waals surface area contributed by atoms with Gasteiger partial charge in [0.15, 0.2) is 0 Å². The van der Waals surface area contributed by atoms with Gasteiger partial charge in [0, 0.05) is 61.9 Å². The SMILES string of the molecule is Cc1cc(F)c2cnc(Nc3ccc(-c4cn([C@H]5CC[C@@H](N6CCN(C)CC6)CC5)c5ncnc(N)c45)cc3)nc2c1. The van der Waals surface area contributed by atoms with Crippen LogP contribution in [0.25, 0.3) is 33.1 Å². The van der Waals surface area contributed by atoms with Crippen molar-refractivity contribution in [2.75, 3.05) is 44.3 Å². The fourth-order valence-electron chi connectivity index (χ4n) is 6.64. The van der Waals surface area contributed by atoms with E-state index in [1.165, 1.54) is 38.2 Å². The molecule has 0 amide bonds. The highest BCUT2D eigenvalue weighted by atomic mass is 19.1. The second-order valence-electron chi connectivity index (χ2n) is 11.8. The first-order valence-electron chi connectivity index (χ1n) is 14.8. The number of fused-ring (bicyclic) bond motifs is 2. The molecule has 2 aromatic carbocycles. The Morgan fingerprint density at radius 3 is 2.43 bits per heavy atom. The van der Waals surface area contributed by atoms with E-state index in [1.54, 1.807) is 6.33 Å². The molecular weight excluding hydrogens is 529 g/mol. The van der Waals surface area contributed by atoms with E-state index >= 15 is 0 Å². The summed E-state index contributed by atoms with van der Waals surface area (Å²) in [6.07, 6.45) is 9.95. The number of nitrogens with one attached hydrogen (secondary N) is 1. The minimum absolute atomic E-state index is 0.314. The summed E-state index contributed by atoms with van der Waals surface area (Å²) in [7, 11) is 2.21. The van der Waals surface area contributed by atoms with Crippen molar-refractivity contribution in [1.29, 1.82) is 0 Å². The van der Waals surface area contributed by atoms with Gasteiger partial charge < -0.3 is 20.5 Å². The van der Waals surface area contributed by atoms with Crippen LogP contribution in [0.3, 0.4) is 0 Å². The largest absolute Gasteiger partial charge is 0.383 e. The van der Waals surface area contributed by atoms with Crippen molar-refractivity contribution >= 4 is 39.4 Å². The molecule has 0 bridgehead atoms. The average molecular weight is 566 g/mol. The van der Waals surface area contributed by atoms with Crippen LogP contribution in [0, 0.1) is 12.7 Å². The Hall–Kier alpha value is -4.15. The van der Waals surface area contributed by atoms with Crippen LogP contribution >= 0.6 is 0 Å². The highest BCUT2D eigenvalue weighted by Gasteiger charge is 2.30. The second kappa shape index (κ2) is 10.9. The molecule has 3 N–H and O–H groups in total. The summed E-state index contributed by atoms with van der Waals surface area (Å²) in [6.45, 7) is 6.51. The molecule has 9 nitrogen and oxygen atoms in total. The lowest BCUT2D eigenvalue weighted by Gasteiger charge is -2.41. The first-order valence-corrected chi connectivity index (χ1v) is 14.8. The molecule has 0 radical (unpaired) electrons. The minimum atomic E-state index is -0.314. The van der Waals surface area contributed by atoms with Crippen LogP contribution in [0.2, 0.25) is 0 Å².